The minimum atomic E-state index is 0.300. The van der Waals surface area contributed by atoms with E-state index in [0.717, 1.165) is 68.2 Å². The van der Waals surface area contributed by atoms with Crippen molar-refractivity contribution < 1.29 is 5.11 Å². The standard InChI is InChI=1S/C22H31N5O/c1-26-10-12-27(13-11-26)22-8-7-21(24-25-22)18-14-17(15-20(28)16-18)5-6-19-4-2-3-9-23-19/h7-8,14-16,19,23,28H,2-6,9-13H2,1H3/t19-/m1/s1. The number of anilines is 1. The highest BCUT2D eigenvalue weighted by Crippen LogP contribution is 2.26. The van der Waals surface area contributed by atoms with Gasteiger partial charge < -0.3 is 20.2 Å². The van der Waals surface area contributed by atoms with Crippen LogP contribution < -0.4 is 10.2 Å². The summed E-state index contributed by atoms with van der Waals surface area (Å²) in [6.07, 6.45) is 5.93. The molecule has 150 valence electrons. The third-order valence-electron chi connectivity index (χ3n) is 5.94. The van der Waals surface area contributed by atoms with Crippen molar-refractivity contribution in [1.82, 2.24) is 20.4 Å². The fraction of sp³-hybridized carbons (Fsp3) is 0.545. The lowest BCUT2D eigenvalue weighted by molar-refractivity contribution is 0.312. The van der Waals surface area contributed by atoms with Crippen LogP contribution in [0.15, 0.2) is 30.3 Å². The number of hydrogen-bond donors (Lipinski definition) is 2. The molecule has 28 heavy (non-hydrogen) atoms. The van der Waals surface area contributed by atoms with E-state index in [4.69, 9.17) is 0 Å². The van der Waals surface area contributed by atoms with Crippen molar-refractivity contribution >= 4 is 5.82 Å². The lowest BCUT2D eigenvalue weighted by Crippen LogP contribution is -2.44. The molecule has 0 radical (unpaired) electrons. The molecule has 2 aliphatic rings. The number of benzene rings is 1. The van der Waals surface area contributed by atoms with E-state index in [1.54, 1.807) is 6.07 Å². The minimum Gasteiger partial charge on any atom is -0.508 e. The predicted molar refractivity (Wildman–Crippen MR) is 113 cm³/mol. The van der Waals surface area contributed by atoms with Crippen molar-refractivity contribution in [2.45, 2.75) is 38.1 Å². The lowest BCUT2D eigenvalue weighted by atomic mass is 9.96. The molecule has 2 saturated heterocycles. The van der Waals surface area contributed by atoms with E-state index >= 15 is 0 Å². The summed E-state index contributed by atoms with van der Waals surface area (Å²) in [4.78, 5) is 4.61. The highest BCUT2D eigenvalue weighted by Gasteiger charge is 2.16. The van der Waals surface area contributed by atoms with E-state index in [-0.39, 0.29) is 0 Å². The van der Waals surface area contributed by atoms with Crippen LogP contribution in [0.25, 0.3) is 11.3 Å². The summed E-state index contributed by atoms with van der Waals surface area (Å²) in [5, 5.41) is 22.7. The number of aromatic hydroxyl groups is 1. The van der Waals surface area contributed by atoms with Gasteiger partial charge in [-0.1, -0.05) is 6.42 Å². The maximum absolute atomic E-state index is 10.2. The van der Waals surface area contributed by atoms with Crippen molar-refractivity contribution in [2.24, 2.45) is 0 Å². The summed E-state index contributed by atoms with van der Waals surface area (Å²) in [5.74, 6) is 1.23. The van der Waals surface area contributed by atoms with Crippen molar-refractivity contribution in [1.29, 1.82) is 0 Å². The highest BCUT2D eigenvalue weighted by molar-refractivity contribution is 5.63. The number of nitrogens with zero attached hydrogens (tertiary/aromatic N) is 4. The average Bonchev–Trinajstić information content (AvgIpc) is 2.73. The van der Waals surface area contributed by atoms with Crippen LogP contribution >= 0.6 is 0 Å². The van der Waals surface area contributed by atoms with Crippen LogP contribution in [0.3, 0.4) is 0 Å². The zero-order valence-electron chi connectivity index (χ0n) is 16.8. The number of rotatable bonds is 5. The van der Waals surface area contributed by atoms with Crippen molar-refractivity contribution in [3.8, 4) is 17.0 Å². The van der Waals surface area contributed by atoms with Crippen molar-refractivity contribution in [3.05, 3.63) is 35.9 Å². The first-order valence-electron chi connectivity index (χ1n) is 10.5. The predicted octanol–water partition coefficient (Wildman–Crippen LogP) is 2.68. The Kier molecular flexibility index (Phi) is 6.07. The second-order valence-electron chi connectivity index (χ2n) is 8.14. The molecule has 0 aliphatic carbocycles. The Bertz CT molecular complexity index is 765. The summed E-state index contributed by atoms with van der Waals surface area (Å²) in [5.41, 5.74) is 2.90. The van der Waals surface area contributed by atoms with Gasteiger partial charge in [0.25, 0.3) is 0 Å². The van der Waals surface area contributed by atoms with E-state index in [0.29, 0.717) is 11.8 Å². The summed E-state index contributed by atoms with van der Waals surface area (Å²) in [7, 11) is 2.15. The highest BCUT2D eigenvalue weighted by atomic mass is 16.3. The lowest BCUT2D eigenvalue weighted by Gasteiger charge is -2.32. The third kappa shape index (κ3) is 4.80. The molecular formula is C22H31N5O. The SMILES string of the molecule is CN1CCN(c2ccc(-c3cc(O)cc(CC[C@H]4CCCCN4)c3)nn2)CC1. The zero-order chi connectivity index (χ0) is 19.3. The molecule has 2 fully saturated rings. The van der Waals surface area contributed by atoms with Crippen LogP contribution in [0, 0.1) is 0 Å². The Balaban J connectivity index is 1.43. The fourth-order valence-corrected chi connectivity index (χ4v) is 4.16. The second kappa shape index (κ2) is 8.88. The molecule has 2 N–H and O–H groups in total. The number of piperidine rings is 1. The molecule has 6 heteroatoms. The quantitative estimate of drug-likeness (QED) is 0.830. The number of nitrogens with one attached hydrogen (secondary N) is 1. The zero-order valence-corrected chi connectivity index (χ0v) is 16.8. The Labute approximate surface area is 167 Å². The number of phenolic OH excluding ortho intramolecular Hbond substituents is 1. The number of aromatic nitrogens is 2. The van der Waals surface area contributed by atoms with E-state index in [1.165, 1.54) is 19.3 Å². The van der Waals surface area contributed by atoms with Gasteiger partial charge in [0.15, 0.2) is 5.82 Å². The van der Waals surface area contributed by atoms with Gasteiger partial charge in [0, 0.05) is 37.8 Å². The maximum atomic E-state index is 10.2. The molecule has 1 aromatic heterocycles. The van der Waals surface area contributed by atoms with Gasteiger partial charge in [-0.3, -0.25) is 0 Å². The molecule has 2 aromatic rings. The first-order chi connectivity index (χ1) is 13.7. The Morgan fingerprint density at radius 3 is 2.64 bits per heavy atom. The largest absolute Gasteiger partial charge is 0.508 e. The normalized spacial score (nSPS) is 21.0. The van der Waals surface area contributed by atoms with Crippen LogP contribution in [0.1, 0.15) is 31.2 Å². The molecule has 1 aromatic carbocycles. The van der Waals surface area contributed by atoms with Crippen molar-refractivity contribution in [2.75, 3.05) is 44.7 Å². The summed E-state index contributed by atoms with van der Waals surface area (Å²) in [6, 6.07) is 10.5. The van der Waals surface area contributed by atoms with E-state index < -0.39 is 0 Å². The van der Waals surface area contributed by atoms with Gasteiger partial charge in [-0.05, 0) is 75.2 Å². The van der Waals surface area contributed by atoms with Crippen LogP contribution in [0.5, 0.6) is 5.75 Å². The first kappa shape index (κ1) is 19.2. The summed E-state index contributed by atoms with van der Waals surface area (Å²) in [6.45, 7) is 5.20. The van der Waals surface area contributed by atoms with Crippen LogP contribution in [-0.2, 0) is 6.42 Å². The van der Waals surface area contributed by atoms with Gasteiger partial charge >= 0.3 is 0 Å². The number of piperazine rings is 1. The van der Waals surface area contributed by atoms with Crippen LogP contribution in [-0.4, -0.2) is 66.0 Å². The molecule has 4 rings (SSSR count). The minimum absolute atomic E-state index is 0.300. The number of aryl methyl sites for hydroxylation is 1. The van der Waals surface area contributed by atoms with Gasteiger partial charge in [-0.15, -0.1) is 10.2 Å². The van der Waals surface area contributed by atoms with Gasteiger partial charge in [-0.2, -0.15) is 0 Å². The molecule has 1 atom stereocenters. The molecule has 6 nitrogen and oxygen atoms in total. The average molecular weight is 382 g/mol. The smallest absolute Gasteiger partial charge is 0.151 e. The second-order valence-corrected chi connectivity index (χ2v) is 8.14. The Hall–Kier alpha value is -2.18. The molecule has 3 heterocycles. The number of phenols is 1. The van der Waals surface area contributed by atoms with Gasteiger partial charge in [0.1, 0.15) is 5.75 Å². The van der Waals surface area contributed by atoms with Gasteiger partial charge in [0.2, 0.25) is 0 Å². The topological polar surface area (TPSA) is 64.5 Å². The summed E-state index contributed by atoms with van der Waals surface area (Å²) >= 11 is 0. The molecule has 0 amide bonds. The summed E-state index contributed by atoms with van der Waals surface area (Å²) < 4.78 is 0. The number of hydrogen-bond acceptors (Lipinski definition) is 6. The van der Waals surface area contributed by atoms with Crippen molar-refractivity contribution in [3.63, 3.8) is 0 Å². The first-order valence-corrected chi connectivity index (χ1v) is 10.5. The van der Waals surface area contributed by atoms with E-state index in [2.05, 4.69) is 38.4 Å². The third-order valence-corrected chi connectivity index (χ3v) is 5.94. The molecule has 0 unspecified atom stereocenters. The van der Waals surface area contributed by atoms with Crippen LogP contribution in [0.2, 0.25) is 0 Å². The maximum Gasteiger partial charge on any atom is 0.151 e. The van der Waals surface area contributed by atoms with E-state index in [1.807, 2.05) is 18.2 Å². The fourth-order valence-electron chi connectivity index (χ4n) is 4.16. The Morgan fingerprint density at radius 1 is 1.07 bits per heavy atom. The van der Waals surface area contributed by atoms with Gasteiger partial charge in [-0.25, -0.2) is 0 Å². The Morgan fingerprint density at radius 2 is 1.93 bits per heavy atom. The molecule has 0 spiro atoms. The van der Waals surface area contributed by atoms with Gasteiger partial charge in [0.05, 0.1) is 5.69 Å². The molecular weight excluding hydrogens is 350 g/mol. The van der Waals surface area contributed by atoms with E-state index in [9.17, 15) is 5.11 Å². The monoisotopic (exact) mass is 381 g/mol. The molecule has 0 saturated carbocycles. The van der Waals surface area contributed by atoms with Crippen LogP contribution in [0.4, 0.5) is 5.82 Å². The molecule has 2 aliphatic heterocycles. The molecule has 0 bridgehead atoms. The number of likely N-dealkylation sites (N-methyl/N-ethyl adjacent to an activating group) is 1.